The fraction of sp³-hybridized carbons (Fsp3) is 0.800. The standard InChI is InChI=1S/C10H17/c1-2-3-7-10-8-5-4-6-9-10/h3,10H,4-9H2,1H3. The van der Waals surface area contributed by atoms with Crippen molar-refractivity contribution in [1.82, 2.24) is 0 Å². The van der Waals surface area contributed by atoms with Crippen LogP contribution in [0.5, 0.6) is 0 Å². The Bertz CT molecular complexity index is 96.6. The fourth-order valence-corrected chi connectivity index (χ4v) is 1.71. The van der Waals surface area contributed by atoms with Crippen molar-refractivity contribution in [1.29, 1.82) is 0 Å². The van der Waals surface area contributed by atoms with E-state index in [9.17, 15) is 0 Å². The molecule has 0 saturated heterocycles. The van der Waals surface area contributed by atoms with E-state index in [2.05, 4.69) is 12.2 Å². The van der Waals surface area contributed by atoms with Crippen molar-refractivity contribution in [2.24, 2.45) is 5.92 Å². The Morgan fingerprint density at radius 2 is 2.00 bits per heavy atom. The zero-order chi connectivity index (χ0) is 7.23. The molecule has 0 nitrogen and oxygen atoms in total. The van der Waals surface area contributed by atoms with Crippen molar-refractivity contribution in [3.63, 3.8) is 0 Å². The summed E-state index contributed by atoms with van der Waals surface area (Å²) in [6.07, 6.45) is 13.9. The Morgan fingerprint density at radius 1 is 1.30 bits per heavy atom. The van der Waals surface area contributed by atoms with Crippen molar-refractivity contribution in [3.8, 4) is 0 Å². The number of allylic oxidation sites excluding steroid dienone is 2. The highest BCUT2D eigenvalue weighted by molar-refractivity contribution is 4.77. The van der Waals surface area contributed by atoms with Crippen molar-refractivity contribution < 1.29 is 0 Å². The average Bonchev–Trinajstić information content (AvgIpc) is 2.03. The van der Waals surface area contributed by atoms with Crippen LogP contribution in [0.3, 0.4) is 0 Å². The first kappa shape index (κ1) is 7.84. The summed E-state index contributed by atoms with van der Waals surface area (Å²) in [7, 11) is 0. The lowest BCUT2D eigenvalue weighted by molar-refractivity contribution is 0.361. The first-order valence-corrected chi connectivity index (χ1v) is 4.42. The minimum absolute atomic E-state index is 0.987. The zero-order valence-corrected chi connectivity index (χ0v) is 6.90. The van der Waals surface area contributed by atoms with E-state index in [4.69, 9.17) is 0 Å². The molecule has 0 aliphatic heterocycles. The summed E-state index contributed by atoms with van der Waals surface area (Å²) in [4.78, 5) is 0. The van der Waals surface area contributed by atoms with Crippen LogP contribution >= 0.6 is 0 Å². The quantitative estimate of drug-likeness (QED) is 0.547. The summed E-state index contributed by atoms with van der Waals surface area (Å²) < 4.78 is 0. The molecule has 1 rings (SSSR count). The second-order valence-electron chi connectivity index (χ2n) is 3.23. The first-order valence-electron chi connectivity index (χ1n) is 4.42. The van der Waals surface area contributed by atoms with E-state index in [0.717, 1.165) is 5.92 Å². The van der Waals surface area contributed by atoms with E-state index in [1.807, 2.05) is 6.92 Å². The van der Waals surface area contributed by atoms with Gasteiger partial charge in [-0.15, -0.1) is 0 Å². The van der Waals surface area contributed by atoms with Crippen LogP contribution in [0.15, 0.2) is 6.08 Å². The number of hydrogen-bond donors (Lipinski definition) is 0. The average molecular weight is 137 g/mol. The molecule has 0 heterocycles. The predicted molar refractivity (Wildman–Crippen MR) is 44.7 cm³/mol. The van der Waals surface area contributed by atoms with Gasteiger partial charge in [-0.1, -0.05) is 44.3 Å². The van der Waals surface area contributed by atoms with Gasteiger partial charge in [-0.3, -0.25) is 0 Å². The van der Waals surface area contributed by atoms with Gasteiger partial charge < -0.3 is 0 Å². The second kappa shape index (κ2) is 4.54. The van der Waals surface area contributed by atoms with Crippen LogP contribution in [-0.4, -0.2) is 0 Å². The molecule has 1 aliphatic carbocycles. The van der Waals surface area contributed by atoms with Gasteiger partial charge in [0.2, 0.25) is 0 Å². The minimum Gasteiger partial charge on any atom is -0.0811 e. The van der Waals surface area contributed by atoms with Gasteiger partial charge in [0.25, 0.3) is 0 Å². The summed E-state index contributed by atoms with van der Waals surface area (Å²) >= 11 is 0. The van der Waals surface area contributed by atoms with Gasteiger partial charge >= 0.3 is 0 Å². The molecule has 0 amide bonds. The van der Waals surface area contributed by atoms with Gasteiger partial charge in [-0.2, -0.15) is 0 Å². The van der Waals surface area contributed by atoms with Gasteiger partial charge in [0.05, 0.1) is 0 Å². The van der Waals surface area contributed by atoms with E-state index < -0.39 is 0 Å². The van der Waals surface area contributed by atoms with Gasteiger partial charge in [-0.25, -0.2) is 0 Å². The molecule has 0 atom stereocenters. The lowest BCUT2D eigenvalue weighted by Crippen LogP contribution is -2.04. The Labute approximate surface area is 64.3 Å². The topological polar surface area (TPSA) is 0 Å². The molecule has 0 bridgehead atoms. The Balaban J connectivity index is 2.13. The molecule has 57 valence electrons. The van der Waals surface area contributed by atoms with Crippen molar-refractivity contribution in [3.05, 3.63) is 12.2 Å². The SMILES string of the molecule is C[C]=CCC1CCCCC1. The monoisotopic (exact) mass is 137 g/mol. The molecule has 0 aromatic heterocycles. The van der Waals surface area contributed by atoms with Crippen LogP contribution in [0.2, 0.25) is 0 Å². The molecule has 0 unspecified atom stereocenters. The van der Waals surface area contributed by atoms with Crippen LogP contribution in [0.1, 0.15) is 45.4 Å². The fourth-order valence-electron chi connectivity index (χ4n) is 1.71. The highest BCUT2D eigenvalue weighted by Crippen LogP contribution is 2.26. The molecule has 1 aliphatic rings. The molecular weight excluding hydrogens is 120 g/mol. The maximum absolute atomic E-state index is 3.09. The second-order valence-corrected chi connectivity index (χ2v) is 3.23. The van der Waals surface area contributed by atoms with E-state index >= 15 is 0 Å². The van der Waals surface area contributed by atoms with Gasteiger partial charge in [-0.05, 0) is 19.3 Å². The summed E-state index contributed by atoms with van der Waals surface area (Å²) in [6.45, 7) is 1.99. The molecule has 0 aromatic rings. The minimum atomic E-state index is 0.987. The Morgan fingerprint density at radius 3 is 2.60 bits per heavy atom. The van der Waals surface area contributed by atoms with E-state index in [0.29, 0.717) is 0 Å². The summed E-state index contributed by atoms with van der Waals surface area (Å²) in [5, 5.41) is 0. The zero-order valence-electron chi connectivity index (χ0n) is 6.90. The van der Waals surface area contributed by atoms with Crippen molar-refractivity contribution in [2.45, 2.75) is 45.4 Å². The third-order valence-corrected chi connectivity index (χ3v) is 2.38. The van der Waals surface area contributed by atoms with Crippen LogP contribution in [-0.2, 0) is 0 Å². The van der Waals surface area contributed by atoms with Crippen LogP contribution in [0, 0.1) is 12.0 Å². The normalized spacial score (nSPS) is 22.1. The molecule has 1 radical (unpaired) electrons. The molecule has 1 fully saturated rings. The summed E-state index contributed by atoms with van der Waals surface area (Å²) in [5.41, 5.74) is 0. The van der Waals surface area contributed by atoms with Crippen molar-refractivity contribution >= 4 is 0 Å². The largest absolute Gasteiger partial charge is 0.0811 e. The molecule has 0 heteroatoms. The maximum atomic E-state index is 3.09. The van der Waals surface area contributed by atoms with Gasteiger partial charge in [0.1, 0.15) is 0 Å². The molecule has 0 aromatic carbocycles. The van der Waals surface area contributed by atoms with Crippen LogP contribution < -0.4 is 0 Å². The van der Waals surface area contributed by atoms with Crippen molar-refractivity contribution in [2.75, 3.05) is 0 Å². The first-order chi connectivity index (χ1) is 4.93. The molecule has 10 heavy (non-hydrogen) atoms. The highest BCUT2D eigenvalue weighted by atomic mass is 14.2. The summed E-state index contributed by atoms with van der Waals surface area (Å²) in [5.74, 6) is 0.987. The van der Waals surface area contributed by atoms with Gasteiger partial charge in [0, 0.05) is 0 Å². The van der Waals surface area contributed by atoms with Gasteiger partial charge in [0.15, 0.2) is 0 Å². The summed E-state index contributed by atoms with van der Waals surface area (Å²) in [6, 6.07) is 0. The maximum Gasteiger partial charge on any atom is -0.0316 e. The Kier molecular flexibility index (Phi) is 3.56. The third kappa shape index (κ3) is 2.55. The van der Waals surface area contributed by atoms with Crippen LogP contribution in [0.25, 0.3) is 0 Å². The lowest BCUT2D eigenvalue weighted by atomic mass is 9.87. The van der Waals surface area contributed by atoms with E-state index in [-0.39, 0.29) is 0 Å². The highest BCUT2D eigenvalue weighted by Gasteiger charge is 2.10. The smallest absolute Gasteiger partial charge is 0.0316 e. The predicted octanol–water partition coefficient (Wildman–Crippen LogP) is 3.34. The third-order valence-electron chi connectivity index (χ3n) is 2.38. The molecule has 0 N–H and O–H groups in total. The molecular formula is C10H17. The molecule has 1 saturated carbocycles. The number of hydrogen-bond acceptors (Lipinski definition) is 0. The van der Waals surface area contributed by atoms with Crippen LogP contribution in [0.4, 0.5) is 0 Å². The van der Waals surface area contributed by atoms with E-state index in [1.54, 1.807) is 0 Å². The lowest BCUT2D eigenvalue weighted by Gasteiger charge is -2.19. The number of rotatable bonds is 2. The molecule has 0 spiro atoms. The Hall–Kier alpha value is -0.260. The van der Waals surface area contributed by atoms with E-state index in [1.165, 1.54) is 38.5 Å².